The summed E-state index contributed by atoms with van der Waals surface area (Å²) in [6.45, 7) is 3.65. The molecule has 4 rings (SSSR count). The first-order valence-electron chi connectivity index (χ1n) is 8.68. The van der Waals surface area contributed by atoms with E-state index < -0.39 is 0 Å². The molecule has 1 aromatic carbocycles. The van der Waals surface area contributed by atoms with Gasteiger partial charge in [-0.05, 0) is 24.6 Å². The van der Waals surface area contributed by atoms with Crippen LogP contribution in [0.25, 0.3) is 11.0 Å². The molecule has 8 nitrogen and oxygen atoms in total. The van der Waals surface area contributed by atoms with Gasteiger partial charge >= 0.3 is 0 Å². The molecular weight excluding hydrogens is 330 g/mol. The predicted octanol–water partition coefficient (Wildman–Crippen LogP) is 1.56. The highest BCUT2D eigenvalue weighted by Gasteiger charge is 2.28. The number of nitrogens with one attached hydrogen (secondary N) is 3. The highest BCUT2D eigenvalue weighted by Crippen LogP contribution is 2.28. The van der Waals surface area contributed by atoms with Crippen molar-refractivity contribution in [2.75, 3.05) is 25.5 Å². The van der Waals surface area contributed by atoms with Gasteiger partial charge in [0.05, 0.1) is 24.2 Å². The summed E-state index contributed by atoms with van der Waals surface area (Å²) in [5.41, 5.74) is 9.64. The van der Waals surface area contributed by atoms with Crippen LogP contribution in [0.1, 0.15) is 17.3 Å². The quantitative estimate of drug-likeness (QED) is 0.641. The third-order valence-electron chi connectivity index (χ3n) is 4.90. The normalized spacial score (nSPS) is 19.8. The maximum Gasteiger partial charge on any atom is 0.163 e. The molecule has 8 heteroatoms. The Bertz CT molecular complexity index is 906. The topological polar surface area (TPSA) is 88.9 Å². The minimum Gasteiger partial charge on any atom is -0.497 e. The smallest absolute Gasteiger partial charge is 0.163 e. The van der Waals surface area contributed by atoms with E-state index >= 15 is 0 Å². The molecule has 1 saturated heterocycles. The number of ether oxygens (including phenoxy) is 1. The molecular formula is C18H23N7O. The summed E-state index contributed by atoms with van der Waals surface area (Å²) < 4.78 is 7.04. The van der Waals surface area contributed by atoms with Gasteiger partial charge in [0.25, 0.3) is 0 Å². The summed E-state index contributed by atoms with van der Waals surface area (Å²) in [5.74, 6) is 2.08. The average molecular weight is 353 g/mol. The zero-order valence-electron chi connectivity index (χ0n) is 15.2. The molecule has 0 spiro atoms. The van der Waals surface area contributed by atoms with E-state index in [2.05, 4.69) is 43.4 Å². The molecule has 0 aliphatic carbocycles. The van der Waals surface area contributed by atoms with Crippen molar-refractivity contribution in [1.82, 2.24) is 30.6 Å². The number of aromatic nitrogens is 4. The third kappa shape index (κ3) is 2.97. The summed E-state index contributed by atoms with van der Waals surface area (Å²) in [4.78, 5) is 8.76. The number of hydrogen-bond acceptors (Lipinski definition) is 7. The van der Waals surface area contributed by atoms with E-state index in [0.29, 0.717) is 5.92 Å². The van der Waals surface area contributed by atoms with E-state index in [-0.39, 0.29) is 6.04 Å². The van der Waals surface area contributed by atoms with E-state index in [9.17, 15) is 0 Å². The fraction of sp³-hybridized carbons (Fsp3) is 0.389. The number of anilines is 1. The molecule has 1 fully saturated rings. The van der Waals surface area contributed by atoms with Crippen LogP contribution in [0, 0.1) is 12.8 Å². The average Bonchev–Trinajstić information content (AvgIpc) is 3.25. The molecule has 26 heavy (non-hydrogen) atoms. The maximum atomic E-state index is 5.25. The molecule has 2 atom stereocenters. The van der Waals surface area contributed by atoms with Crippen LogP contribution in [0.15, 0.2) is 30.6 Å². The lowest BCUT2D eigenvalue weighted by molar-refractivity contribution is 0.414. The summed E-state index contributed by atoms with van der Waals surface area (Å²) in [7, 11) is 3.58. The van der Waals surface area contributed by atoms with Crippen LogP contribution in [0.4, 0.5) is 5.82 Å². The number of hydrazine groups is 1. The van der Waals surface area contributed by atoms with Crippen LogP contribution >= 0.6 is 0 Å². The van der Waals surface area contributed by atoms with Crippen molar-refractivity contribution < 1.29 is 4.74 Å². The standard InChI is InChI=1S/C18H23N7O/c1-11-15-17(20-10-21-18(15)25(2)24-11)19-8-13-9-22-23-16(13)12-4-6-14(26-3)7-5-12/h4-7,10,13,16,22-23H,8-9H2,1-3H3,(H,19,20,21). The van der Waals surface area contributed by atoms with E-state index in [4.69, 9.17) is 4.74 Å². The molecule has 3 heterocycles. The number of aryl methyl sites for hydroxylation is 2. The number of methoxy groups -OCH3 is 1. The Labute approximate surface area is 151 Å². The Balaban J connectivity index is 1.52. The Kier molecular flexibility index (Phi) is 4.44. The first-order chi connectivity index (χ1) is 12.7. The second-order valence-electron chi connectivity index (χ2n) is 6.55. The van der Waals surface area contributed by atoms with Gasteiger partial charge in [-0.3, -0.25) is 10.1 Å². The lowest BCUT2D eigenvalue weighted by Gasteiger charge is -2.20. The summed E-state index contributed by atoms with van der Waals surface area (Å²) in [6.07, 6.45) is 1.58. The van der Waals surface area contributed by atoms with Gasteiger partial charge in [-0.15, -0.1) is 0 Å². The van der Waals surface area contributed by atoms with Gasteiger partial charge in [-0.25, -0.2) is 15.4 Å². The molecule has 3 N–H and O–H groups in total. The lowest BCUT2D eigenvalue weighted by Crippen LogP contribution is -2.26. The van der Waals surface area contributed by atoms with E-state index in [1.165, 1.54) is 5.56 Å². The van der Waals surface area contributed by atoms with Crippen LogP contribution in [-0.2, 0) is 7.05 Å². The highest BCUT2D eigenvalue weighted by molar-refractivity contribution is 5.89. The van der Waals surface area contributed by atoms with Crippen LogP contribution in [0.2, 0.25) is 0 Å². The van der Waals surface area contributed by atoms with Gasteiger partial charge in [0.1, 0.15) is 17.9 Å². The molecule has 0 amide bonds. The Morgan fingerprint density at radius 2 is 2.08 bits per heavy atom. The van der Waals surface area contributed by atoms with Gasteiger partial charge in [0.2, 0.25) is 0 Å². The molecule has 0 saturated carbocycles. The number of rotatable bonds is 5. The van der Waals surface area contributed by atoms with Crippen molar-refractivity contribution in [2.24, 2.45) is 13.0 Å². The molecule has 0 radical (unpaired) electrons. The third-order valence-corrected chi connectivity index (χ3v) is 4.90. The number of fused-ring (bicyclic) bond motifs is 1. The van der Waals surface area contributed by atoms with Crippen molar-refractivity contribution in [3.63, 3.8) is 0 Å². The molecule has 1 aliphatic rings. The second kappa shape index (κ2) is 6.89. The van der Waals surface area contributed by atoms with Crippen molar-refractivity contribution in [2.45, 2.75) is 13.0 Å². The van der Waals surface area contributed by atoms with Crippen molar-refractivity contribution in [3.05, 3.63) is 41.9 Å². The summed E-state index contributed by atoms with van der Waals surface area (Å²) in [5, 5.41) is 8.93. The zero-order valence-corrected chi connectivity index (χ0v) is 15.2. The van der Waals surface area contributed by atoms with Crippen molar-refractivity contribution >= 4 is 16.9 Å². The van der Waals surface area contributed by atoms with Crippen LogP contribution in [0.5, 0.6) is 5.75 Å². The van der Waals surface area contributed by atoms with E-state index in [1.54, 1.807) is 18.1 Å². The monoisotopic (exact) mass is 353 g/mol. The van der Waals surface area contributed by atoms with Crippen LogP contribution < -0.4 is 20.9 Å². The predicted molar refractivity (Wildman–Crippen MR) is 99.9 cm³/mol. The van der Waals surface area contributed by atoms with Crippen molar-refractivity contribution in [1.29, 1.82) is 0 Å². The SMILES string of the molecule is COc1ccc(C2NNCC2CNc2ncnc3c2c(C)nn3C)cc1. The molecule has 2 aromatic heterocycles. The minimum atomic E-state index is 0.223. The minimum absolute atomic E-state index is 0.223. The Morgan fingerprint density at radius 1 is 1.27 bits per heavy atom. The van der Waals surface area contributed by atoms with Gasteiger partial charge in [-0.1, -0.05) is 12.1 Å². The summed E-state index contributed by atoms with van der Waals surface area (Å²) in [6, 6.07) is 8.41. The molecule has 3 aromatic rings. The van der Waals surface area contributed by atoms with Crippen LogP contribution in [0.3, 0.4) is 0 Å². The first kappa shape index (κ1) is 16.7. The van der Waals surface area contributed by atoms with Crippen molar-refractivity contribution in [3.8, 4) is 5.75 Å². The van der Waals surface area contributed by atoms with Crippen LogP contribution in [-0.4, -0.2) is 39.9 Å². The van der Waals surface area contributed by atoms with Gasteiger partial charge in [-0.2, -0.15) is 5.10 Å². The Morgan fingerprint density at radius 3 is 2.85 bits per heavy atom. The number of nitrogens with zero attached hydrogens (tertiary/aromatic N) is 4. The largest absolute Gasteiger partial charge is 0.497 e. The fourth-order valence-electron chi connectivity index (χ4n) is 3.53. The zero-order chi connectivity index (χ0) is 18.1. The second-order valence-corrected chi connectivity index (χ2v) is 6.55. The van der Waals surface area contributed by atoms with Gasteiger partial charge in [0.15, 0.2) is 5.65 Å². The number of hydrogen-bond donors (Lipinski definition) is 3. The van der Waals surface area contributed by atoms with Gasteiger partial charge < -0.3 is 10.1 Å². The molecule has 136 valence electrons. The highest BCUT2D eigenvalue weighted by atomic mass is 16.5. The molecule has 2 unspecified atom stereocenters. The lowest BCUT2D eigenvalue weighted by atomic mass is 9.95. The first-order valence-corrected chi connectivity index (χ1v) is 8.68. The fourth-order valence-corrected chi connectivity index (χ4v) is 3.53. The number of benzene rings is 1. The maximum absolute atomic E-state index is 5.25. The molecule has 1 aliphatic heterocycles. The molecule has 0 bridgehead atoms. The van der Waals surface area contributed by atoms with E-state index in [0.717, 1.165) is 41.4 Å². The Hall–Kier alpha value is -2.71. The van der Waals surface area contributed by atoms with E-state index in [1.807, 2.05) is 26.1 Å². The van der Waals surface area contributed by atoms with Gasteiger partial charge in [0, 0.05) is 26.1 Å². The summed E-state index contributed by atoms with van der Waals surface area (Å²) >= 11 is 0.